The average molecular weight is 297 g/mol. The number of hydrogen-bond donors (Lipinski definition) is 0. The van der Waals surface area contributed by atoms with Crippen LogP contribution in [0.3, 0.4) is 0 Å². The highest BCUT2D eigenvalue weighted by molar-refractivity contribution is 6.17. The first-order valence-corrected chi connectivity index (χ1v) is 7.10. The molecule has 0 aliphatic rings. The zero-order chi connectivity index (χ0) is 14.4. The van der Waals surface area contributed by atoms with Gasteiger partial charge in [0.2, 0.25) is 11.8 Å². The van der Waals surface area contributed by atoms with Crippen LogP contribution in [0.5, 0.6) is 11.5 Å². The second-order valence-corrected chi connectivity index (χ2v) is 4.35. The third kappa shape index (κ3) is 3.42. The van der Waals surface area contributed by atoms with Crippen molar-refractivity contribution in [1.29, 1.82) is 0 Å². The summed E-state index contributed by atoms with van der Waals surface area (Å²) in [5.74, 6) is 2.81. The Kier molecular flexibility index (Phi) is 5.24. The van der Waals surface area contributed by atoms with Gasteiger partial charge in [-0.3, -0.25) is 0 Å². The number of nitrogens with zero attached hydrogens (tertiary/aromatic N) is 2. The first-order valence-electron chi connectivity index (χ1n) is 6.56. The van der Waals surface area contributed by atoms with Gasteiger partial charge in [-0.2, -0.15) is 0 Å². The second kappa shape index (κ2) is 7.14. The summed E-state index contributed by atoms with van der Waals surface area (Å²) in [5.41, 5.74) is 0.797. The van der Waals surface area contributed by atoms with Crippen molar-refractivity contribution in [2.24, 2.45) is 0 Å². The van der Waals surface area contributed by atoms with Crippen LogP contribution in [0.2, 0.25) is 0 Å². The standard InChI is InChI=1S/C14H17ClN2O3/c1-3-18-11-6-5-10(9-12(11)19-4-2)14-17-16-13(20-14)7-8-15/h5-6,9H,3-4,7-8H2,1-2H3. The molecule has 6 heteroatoms. The number of aromatic nitrogens is 2. The van der Waals surface area contributed by atoms with Crippen molar-refractivity contribution in [3.8, 4) is 23.0 Å². The maximum Gasteiger partial charge on any atom is 0.247 e. The largest absolute Gasteiger partial charge is 0.490 e. The van der Waals surface area contributed by atoms with E-state index in [-0.39, 0.29) is 0 Å². The van der Waals surface area contributed by atoms with Gasteiger partial charge in [-0.15, -0.1) is 21.8 Å². The normalized spacial score (nSPS) is 10.6. The van der Waals surface area contributed by atoms with Gasteiger partial charge in [-0.25, -0.2) is 0 Å². The zero-order valence-corrected chi connectivity index (χ0v) is 12.3. The molecule has 0 atom stereocenters. The van der Waals surface area contributed by atoms with Gasteiger partial charge in [0.15, 0.2) is 11.5 Å². The smallest absolute Gasteiger partial charge is 0.247 e. The average Bonchev–Trinajstić information content (AvgIpc) is 2.90. The van der Waals surface area contributed by atoms with Crippen LogP contribution in [0.1, 0.15) is 19.7 Å². The highest BCUT2D eigenvalue weighted by atomic mass is 35.5. The van der Waals surface area contributed by atoms with Gasteiger partial charge in [0.1, 0.15) is 0 Å². The Balaban J connectivity index is 2.28. The topological polar surface area (TPSA) is 57.4 Å². The van der Waals surface area contributed by atoms with Gasteiger partial charge in [0, 0.05) is 17.9 Å². The third-order valence-electron chi connectivity index (χ3n) is 2.57. The molecule has 0 saturated carbocycles. The van der Waals surface area contributed by atoms with Crippen LogP contribution in [0.15, 0.2) is 22.6 Å². The monoisotopic (exact) mass is 296 g/mol. The van der Waals surface area contributed by atoms with Crippen molar-refractivity contribution >= 4 is 11.6 Å². The van der Waals surface area contributed by atoms with Crippen molar-refractivity contribution in [3.63, 3.8) is 0 Å². The number of ether oxygens (including phenoxy) is 2. The Morgan fingerprint density at radius 2 is 1.85 bits per heavy atom. The van der Waals surface area contributed by atoms with E-state index in [0.717, 1.165) is 5.56 Å². The van der Waals surface area contributed by atoms with Crippen LogP contribution in [-0.2, 0) is 6.42 Å². The van der Waals surface area contributed by atoms with E-state index in [9.17, 15) is 0 Å². The summed E-state index contributed by atoms with van der Waals surface area (Å²) in [6.45, 7) is 5.00. The summed E-state index contributed by atoms with van der Waals surface area (Å²) in [5, 5.41) is 7.95. The Labute approximate surface area is 122 Å². The molecule has 1 aromatic carbocycles. The van der Waals surface area contributed by atoms with E-state index in [1.54, 1.807) is 0 Å². The lowest BCUT2D eigenvalue weighted by Gasteiger charge is -2.11. The number of aryl methyl sites for hydroxylation is 1. The highest BCUT2D eigenvalue weighted by Gasteiger charge is 2.12. The highest BCUT2D eigenvalue weighted by Crippen LogP contribution is 2.32. The van der Waals surface area contributed by atoms with Crippen molar-refractivity contribution in [1.82, 2.24) is 10.2 Å². The quantitative estimate of drug-likeness (QED) is 0.734. The minimum atomic E-state index is 0.453. The maximum absolute atomic E-state index is 5.65. The van der Waals surface area contributed by atoms with Crippen molar-refractivity contribution < 1.29 is 13.9 Å². The molecule has 0 radical (unpaired) electrons. The summed E-state index contributed by atoms with van der Waals surface area (Å²) in [4.78, 5) is 0. The molecule has 0 N–H and O–H groups in total. The van der Waals surface area contributed by atoms with Crippen LogP contribution in [0.25, 0.3) is 11.5 Å². The SMILES string of the molecule is CCOc1ccc(-c2nnc(CCCl)o2)cc1OCC. The van der Waals surface area contributed by atoms with Crippen LogP contribution in [0, 0.1) is 0 Å². The van der Waals surface area contributed by atoms with E-state index in [2.05, 4.69) is 10.2 Å². The molecule has 20 heavy (non-hydrogen) atoms. The fourth-order valence-electron chi connectivity index (χ4n) is 1.74. The van der Waals surface area contributed by atoms with Gasteiger partial charge < -0.3 is 13.9 Å². The number of halogens is 1. The molecule has 2 rings (SSSR count). The Hall–Kier alpha value is -1.75. The van der Waals surface area contributed by atoms with Crippen molar-refractivity contribution in [3.05, 3.63) is 24.1 Å². The van der Waals surface area contributed by atoms with E-state index >= 15 is 0 Å². The van der Waals surface area contributed by atoms with E-state index < -0.39 is 0 Å². The van der Waals surface area contributed by atoms with Gasteiger partial charge in [-0.1, -0.05) is 0 Å². The number of benzene rings is 1. The lowest BCUT2D eigenvalue weighted by atomic mass is 10.2. The molecule has 5 nitrogen and oxygen atoms in total. The van der Waals surface area contributed by atoms with Crippen molar-refractivity contribution in [2.45, 2.75) is 20.3 Å². The molecular weight excluding hydrogens is 280 g/mol. The summed E-state index contributed by atoms with van der Waals surface area (Å²) in [7, 11) is 0. The summed E-state index contributed by atoms with van der Waals surface area (Å²) >= 11 is 5.65. The Morgan fingerprint density at radius 3 is 2.55 bits per heavy atom. The van der Waals surface area contributed by atoms with Gasteiger partial charge in [0.05, 0.1) is 13.2 Å². The molecule has 2 aromatic rings. The van der Waals surface area contributed by atoms with E-state index in [0.29, 0.717) is 48.8 Å². The molecule has 0 fully saturated rings. The van der Waals surface area contributed by atoms with Crippen LogP contribution in [0.4, 0.5) is 0 Å². The third-order valence-corrected chi connectivity index (χ3v) is 2.75. The van der Waals surface area contributed by atoms with Crippen LogP contribution >= 0.6 is 11.6 Å². The Bertz CT molecular complexity index is 557. The van der Waals surface area contributed by atoms with E-state index in [1.165, 1.54) is 0 Å². The van der Waals surface area contributed by atoms with Gasteiger partial charge in [-0.05, 0) is 32.0 Å². The first kappa shape index (κ1) is 14.7. The Morgan fingerprint density at radius 1 is 1.10 bits per heavy atom. The van der Waals surface area contributed by atoms with Gasteiger partial charge >= 0.3 is 0 Å². The molecule has 0 unspecified atom stereocenters. The van der Waals surface area contributed by atoms with E-state index in [1.807, 2.05) is 32.0 Å². The first-order chi connectivity index (χ1) is 9.78. The predicted molar refractivity (Wildman–Crippen MR) is 76.5 cm³/mol. The summed E-state index contributed by atoms with van der Waals surface area (Å²) in [6.07, 6.45) is 0.559. The molecule has 1 heterocycles. The summed E-state index contributed by atoms with van der Waals surface area (Å²) in [6, 6.07) is 5.55. The lowest BCUT2D eigenvalue weighted by molar-refractivity contribution is 0.288. The minimum absolute atomic E-state index is 0.453. The molecule has 0 spiro atoms. The maximum atomic E-state index is 5.65. The molecule has 0 bridgehead atoms. The fraction of sp³-hybridized carbons (Fsp3) is 0.429. The fourth-order valence-corrected chi connectivity index (χ4v) is 1.90. The molecule has 0 aliphatic heterocycles. The van der Waals surface area contributed by atoms with Gasteiger partial charge in [0.25, 0.3) is 0 Å². The van der Waals surface area contributed by atoms with Crippen LogP contribution < -0.4 is 9.47 Å². The molecule has 0 amide bonds. The predicted octanol–water partition coefficient (Wildman–Crippen LogP) is 3.32. The van der Waals surface area contributed by atoms with Crippen LogP contribution in [-0.4, -0.2) is 29.3 Å². The number of hydrogen-bond acceptors (Lipinski definition) is 5. The number of rotatable bonds is 7. The molecule has 108 valence electrons. The zero-order valence-electron chi connectivity index (χ0n) is 11.6. The molecular formula is C14H17ClN2O3. The lowest BCUT2D eigenvalue weighted by Crippen LogP contribution is -1.98. The summed E-state index contributed by atoms with van der Waals surface area (Å²) < 4.78 is 16.6. The number of alkyl halides is 1. The van der Waals surface area contributed by atoms with Crippen molar-refractivity contribution in [2.75, 3.05) is 19.1 Å². The molecule has 0 saturated heterocycles. The molecule has 1 aromatic heterocycles. The van der Waals surface area contributed by atoms with E-state index in [4.69, 9.17) is 25.5 Å². The second-order valence-electron chi connectivity index (χ2n) is 3.97. The molecule has 0 aliphatic carbocycles. The minimum Gasteiger partial charge on any atom is -0.490 e.